The Bertz CT molecular complexity index is 446. The summed E-state index contributed by atoms with van der Waals surface area (Å²) in [5, 5.41) is 0. The molecule has 0 saturated carbocycles. The molecule has 1 aromatic carbocycles. The van der Waals surface area contributed by atoms with Crippen LogP contribution in [0.5, 0.6) is 5.75 Å². The minimum absolute atomic E-state index is 0.501. The van der Waals surface area contributed by atoms with E-state index in [1.807, 2.05) is 24.3 Å². The van der Waals surface area contributed by atoms with E-state index < -0.39 is 0 Å². The molecule has 7 heteroatoms. The van der Waals surface area contributed by atoms with E-state index in [1.165, 1.54) is 0 Å². The third kappa shape index (κ3) is 14.5. The number of ether oxygens (including phenoxy) is 6. The highest BCUT2D eigenvalue weighted by Crippen LogP contribution is 2.12. The maximum Gasteiger partial charge on any atom is 0.119 e. The summed E-state index contributed by atoms with van der Waals surface area (Å²) in [5.41, 5.74) is 6.65. The first-order valence-electron chi connectivity index (χ1n) is 9.67. The lowest BCUT2D eigenvalue weighted by atomic mass is 10.2. The highest BCUT2D eigenvalue weighted by molar-refractivity contribution is 5.28. The first-order chi connectivity index (χ1) is 13.4. The molecule has 0 saturated heterocycles. The van der Waals surface area contributed by atoms with Gasteiger partial charge in [0, 0.05) is 13.2 Å². The SMILES string of the molecule is CCCOCCOCCOCCOCCOCCOc1cccc(CN)c1. The standard InChI is InChI=1S/C20H35NO6/c1-2-6-22-7-8-23-9-10-24-11-12-25-13-14-26-15-16-27-20-5-3-4-19(17-20)18-21/h3-5,17H,2,6-16,18,21H2,1H3. The third-order valence-electron chi connectivity index (χ3n) is 3.47. The van der Waals surface area contributed by atoms with Gasteiger partial charge in [0.2, 0.25) is 0 Å². The Kier molecular flexibility index (Phi) is 16.0. The predicted octanol–water partition coefficient (Wildman–Crippen LogP) is 2.02. The van der Waals surface area contributed by atoms with Crippen LogP contribution in [0.2, 0.25) is 0 Å². The summed E-state index contributed by atoms with van der Waals surface area (Å²) < 4.78 is 32.6. The van der Waals surface area contributed by atoms with Crippen molar-refractivity contribution in [2.45, 2.75) is 19.9 Å². The van der Waals surface area contributed by atoms with Crippen molar-refractivity contribution < 1.29 is 28.4 Å². The zero-order valence-electron chi connectivity index (χ0n) is 16.5. The zero-order chi connectivity index (χ0) is 19.4. The van der Waals surface area contributed by atoms with Gasteiger partial charge >= 0.3 is 0 Å². The maximum atomic E-state index is 5.61. The van der Waals surface area contributed by atoms with Gasteiger partial charge in [0.25, 0.3) is 0 Å². The average molecular weight is 386 g/mol. The quantitative estimate of drug-likeness (QED) is 0.365. The second kappa shape index (κ2) is 18.2. The van der Waals surface area contributed by atoms with Gasteiger partial charge in [-0.1, -0.05) is 19.1 Å². The first-order valence-corrected chi connectivity index (χ1v) is 9.67. The summed E-state index contributed by atoms with van der Waals surface area (Å²) in [6.07, 6.45) is 1.03. The molecule has 1 aromatic rings. The van der Waals surface area contributed by atoms with Gasteiger partial charge in [0.1, 0.15) is 12.4 Å². The largest absolute Gasteiger partial charge is 0.491 e. The minimum atomic E-state index is 0.501. The monoisotopic (exact) mass is 385 g/mol. The molecule has 0 aromatic heterocycles. The van der Waals surface area contributed by atoms with Gasteiger partial charge in [-0.05, 0) is 24.1 Å². The predicted molar refractivity (Wildman–Crippen MR) is 104 cm³/mol. The fourth-order valence-electron chi connectivity index (χ4n) is 2.11. The van der Waals surface area contributed by atoms with Crippen LogP contribution < -0.4 is 10.5 Å². The Morgan fingerprint density at radius 2 is 1.15 bits per heavy atom. The Hall–Kier alpha value is -1.22. The van der Waals surface area contributed by atoms with E-state index in [0.717, 1.165) is 24.3 Å². The van der Waals surface area contributed by atoms with E-state index in [4.69, 9.17) is 34.2 Å². The second-order valence-electron chi connectivity index (χ2n) is 5.76. The summed E-state index contributed by atoms with van der Waals surface area (Å²) in [7, 11) is 0. The fraction of sp³-hybridized carbons (Fsp3) is 0.700. The van der Waals surface area contributed by atoms with Crippen LogP contribution >= 0.6 is 0 Å². The Labute approximate surface area is 163 Å². The minimum Gasteiger partial charge on any atom is -0.491 e. The zero-order valence-corrected chi connectivity index (χ0v) is 16.5. The van der Waals surface area contributed by atoms with Crippen LogP contribution in [0.1, 0.15) is 18.9 Å². The van der Waals surface area contributed by atoms with Gasteiger partial charge in [-0.2, -0.15) is 0 Å². The molecule has 0 atom stereocenters. The lowest BCUT2D eigenvalue weighted by molar-refractivity contribution is -0.0126. The van der Waals surface area contributed by atoms with Gasteiger partial charge in [0.05, 0.1) is 59.5 Å². The molecular weight excluding hydrogens is 350 g/mol. The van der Waals surface area contributed by atoms with Crippen LogP contribution in [0.25, 0.3) is 0 Å². The van der Waals surface area contributed by atoms with Crippen LogP contribution in [0.15, 0.2) is 24.3 Å². The summed E-state index contributed by atoms with van der Waals surface area (Å²) in [6, 6.07) is 7.76. The third-order valence-corrected chi connectivity index (χ3v) is 3.47. The molecule has 0 heterocycles. The Morgan fingerprint density at radius 1 is 0.667 bits per heavy atom. The molecule has 0 aliphatic rings. The maximum absolute atomic E-state index is 5.61. The van der Waals surface area contributed by atoms with Crippen LogP contribution in [-0.4, -0.2) is 72.7 Å². The molecule has 27 heavy (non-hydrogen) atoms. The molecule has 7 nitrogen and oxygen atoms in total. The van der Waals surface area contributed by atoms with Crippen LogP contribution in [0.3, 0.4) is 0 Å². The second-order valence-corrected chi connectivity index (χ2v) is 5.76. The Morgan fingerprint density at radius 3 is 1.63 bits per heavy atom. The molecule has 0 bridgehead atoms. The van der Waals surface area contributed by atoms with Crippen molar-refractivity contribution in [1.82, 2.24) is 0 Å². The smallest absolute Gasteiger partial charge is 0.119 e. The molecule has 0 aliphatic carbocycles. The van der Waals surface area contributed by atoms with E-state index in [-0.39, 0.29) is 0 Å². The van der Waals surface area contributed by atoms with Crippen molar-refractivity contribution >= 4 is 0 Å². The molecule has 2 N–H and O–H groups in total. The summed E-state index contributed by atoms with van der Waals surface area (Å²) >= 11 is 0. The fourth-order valence-corrected chi connectivity index (χ4v) is 2.11. The number of rotatable bonds is 19. The molecule has 0 spiro atoms. The average Bonchev–Trinajstić information content (AvgIpc) is 2.70. The summed E-state index contributed by atoms with van der Waals surface area (Å²) in [6.45, 7) is 8.97. The van der Waals surface area contributed by atoms with Gasteiger partial charge in [-0.25, -0.2) is 0 Å². The molecule has 0 fully saturated rings. The van der Waals surface area contributed by atoms with Gasteiger partial charge in [-0.15, -0.1) is 0 Å². The number of benzene rings is 1. The van der Waals surface area contributed by atoms with E-state index in [0.29, 0.717) is 72.6 Å². The molecule has 0 aliphatic heterocycles. The molecule has 1 rings (SSSR count). The number of hydrogen-bond acceptors (Lipinski definition) is 7. The van der Waals surface area contributed by atoms with Gasteiger partial charge in [-0.3, -0.25) is 0 Å². The van der Waals surface area contributed by atoms with Gasteiger partial charge < -0.3 is 34.2 Å². The molecule has 0 radical (unpaired) electrons. The van der Waals surface area contributed by atoms with Crippen molar-refractivity contribution in [3.63, 3.8) is 0 Å². The summed E-state index contributed by atoms with van der Waals surface area (Å²) in [5.74, 6) is 0.812. The van der Waals surface area contributed by atoms with Crippen molar-refractivity contribution in [3.8, 4) is 5.75 Å². The highest BCUT2D eigenvalue weighted by Gasteiger charge is 1.96. The molecular formula is C20H35NO6. The first kappa shape index (κ1) is 23.8. The van der Waals surface area contributed by atoms with Crippen LogP contribution in [-0.2, 0) is 30.2 Å². The van der Waals surface area contributed by atoms with E-state index in [1.54, 1.807) is 0 Å². The Balaban J connectivity index is 1.76. The van der Waals surface area contributed by atoms with Crippen molar-refractivity contribution in [3.05, 3.63) is 29.8 Å². The van der Waals surface area contributed by atoms with E-state index in [2.05, 4.69) is 6.92 Å². The number of nitrogens with two attached hydrogens (primary N) is 1. The van der Waals surface area contributed by atoms with Crippen molar-refractivity contribution in [1.29, 1.82) is 0 Å². The van der Waals surface area contributed by atoms with Crippen LogP contribution in [0.4, 0.5) is 0 Å². The summed E-state index contributed by atoms with van der Waals surface area (Å²) in [4.78, 5) is 0. The lowest BCUT2D eigenvalue weighted by Crippen LogP contribution is -2.14. The topological polar surface area (TPSA) is 81.4 Å². The van der Waals surface area contributed by atoms with Gasteiger partial charge in [0.15, 0.2) is 0 Å². The molecule has 0 unspecified atom stereocenters. The van der Waals surface area contributed by atoms with E-state index >= 15 is 0 Å². The van der Waals surface area contributed by atoms with Crippen molar-refractivity contribution in [2.24, 2.45) is 5.73 Å². The number of hydrogen-bond donors (Lipinski definition) is 1. The normalized spacial score (nSPS) is 11.0. The molecule has 0 amide bonds. The molecule has 156 valence electrons. The van der Waals surface area contributed by atoms with Crippen LogP contribution in [0, 0.1) is 0 Å². The van der Waals surface area contributed by atoms with Crippen molar-refractivity contribution in [2.75, 3.05) is 72.7 Å². The highest BCUT2D eigenvalue weighted by atomic mass is 16.6. The van der Waals surface area contributed by atoms with E-state index in [9.17, 15) is 0 Å². The lowest BCUT2D eigenvalue weighted by Gasteiger charge is -2.09.